The van der Waals surface area contributed by atoms with Gasteiger partial charge in [0.05, 0.1) is 12.4 Å². The molecule has 0 saturated heterocycles. The van der Waals surface area contributed by atoms with Gasteiger partial charge in [-0.3, -0.25) is 4.79 Å². The fourth-order valence-electron chi connectivity index (χ4n) is 1.74. The van der Waals surface area contributed by atoms with Crippen molar-refractivity contribution in [3.05, 3.63) is 53.1 Å². The third kappa shape index (κ3) is 3.76. The van der Waals surface area contributed by atoms with Gasteiger partial charge < -0.3 is 10.2 Å². The lowest BCUT2D eigenvalue weighted by Crippen LogP contribution is -2.17. The highest BCUT2D eigenvalue weighted by atomic mass is 35.5. The van der Waals surface area contributed by atoms with E-state index in [-0.39, 0.29) is 16.8 Å². The van der Waals surface area contributed by atoms with Crippen LogP contribution in [0, 0.1) is 0 Å². The first kappa shape index (κ1) is 14.4. The van der Waals surface area contributed by atoms with Gasteiger partial charge in [0.25, 0.3) is 5.91 Å². The molecule has 0 aliphatic rings. The number of nitrogens with zero attached hydrogens (tertiary/aromatic N) is 3. The van der Waals surface area contributed by atoms with Crippen molar-refractivity contribution >= 4 is 23.2 Å². The summed E-state index contributed by atoms with van der Waals surface area (Å²) in [7, 11) is 3.95. The first-order valence-electron chi connectivity index (χ1n) is 6.08. The van der Waals surface area contributed by atoms with Crippen molar-refractivity contribution in [3.8, 4) is 0 Å². The average molecular weight is 291 g/mol. The van der Waals surface area contributed by atoms with E-state index in [0.29, 0.717) is 0 Å². The van der Waals surface area contributed by atoms with Crippen LogP contribution in [0.25, 0.3) is 0 Å². The van der Waals surface area contributed by atoms with Gasteiger partial charge in [0, 0.05) is 12.2 Å². The van der Waals surface area contributed by atoms with E-state index in [2.05, 4.69) is 15.3 Å². The van der Waals surface area contributed by atoms with Gasteiger partial charge >= 0.3 is 0 Å². The summed E-state index contributed by atoms with van der Waals surface area (Å²) in [6.45, 7) is 0.739. The summed E-state index contributed by atoms with van der Waals surface area (Å²) in [6, 6.07) is 7.65. The monoisotopic (exact) mass is 290 g/mol. The fraction of sp³-hybridized carbons (Fsp3) is 0.214. The molecule has 0 bridgehead atoms. The number of halogens is 1. The topological polar surface area (TPSA) is 58.1 Å². The summed E-state index contributed by atoms with van der Waals surface area (Å²) in [4.78, 5) is 21.9. The predicted octanol–water partition coefficient (Wildman–Crippen LogP) is 2.44. The van der Waals surface area contributed by atoms with Crippen LogP contribution in [0.3, 0.4) is 0 Å². The molecule has 6 heteroatoms. The van der Waals surface area contributed by atoms with Crippen molar-refractivity contribution < 1.29 is 4.79 Å². The van der Waals surface area contributed by atoms with Crippen molar-refractivity contribution in [2.75, 3.05) is 19.4 Å². The number of para-hydroxylation sites is 1. The van der Waals surface area contributed by atoms with Crippen LogP contribution >= 0.6 is 11.6 Å². The molecule has 0 saturated carbocycles. The summed E-state index contributed by atoms with van der Waals surface area (Å²) in [5.74, 6) is -0.305. The Morgan fingerprint density at radius 2 is 2.00 bits per heavy atom. The van der Waals surface area contributed by atoms with Crippen molar-refractivity contribution in [3.63, 3.8) is 0 Å². The normalized spacial score (nSPS) is 10.6. The molecule has 1 aromatic carbocycles. The Labute approximate surface area is 122 Å². The molecule has 0 aliphatic carbocycles. The molecule has 1 heterocycles. The highest BCUT2D eigenvalue weighted by Gasteiger charge is 2.11. The summed E-state index contributed by atoms with van der Waals surface area (Å²) in [5.41, 5.74) is 2.03. The highest BCUT2D eigenvalue weighted by molar-refractivity contribution is 6.29. The summed E-state index contributed by atoms with van der Waals surface area (Å²) >= 11 is 5.65. The molecule has 0 fully saturated rings. The number of carbonyl (C=O) groups is 1. The quantitative estimate of drug-likeness (QED) is 0.940. The number of carbonyl (C=O) groups excluding carboxylic acids is 1. The molecule has 0 aliphatic heterocycles. The number of anilines is 1. The van der Waals surface area contributed by atoms with Gasteiger partial charge in [0.15, 0.2) is 0 Å². The number of hydrogen-bond acceptors (Lipinski definition) is 4. The second-order valence-electron chi connectivity index (χ2n) is 4.57. The largest absolute Gasteiger partial charge is 0.320 e. The summed E-state index contributed by atoms with van der Waals surface area (Å²) in [6.07, 6.45) is 2.70. The number of amides is 1. The molecule has 0 unspecified atom stereocenters. The Kier molecular flexibility index (Phi) is 4.65. The maximum absolute atomic E-state index is 12.1. The zero-order chi connectivity index (χ0) is 14.5. The smallest absolute Gasteiger partial charge is 0.275 e. The van der Waals surface area contributed by atoms with Crippen LogP contribution in [0.1, 0.15) is 16.1 Å². The molecular formula is C14H15ClN4O. The minimum Gasteiger partial charge on any atom is -0.320 e. The Balaban J connectivity index is 2.17. The molecule has 0 spiro atoms. The third-order valence-corrected chi connectivity index (χ3v) is 2.80. The number of benzene rings is 1. The lowest BCUT2D eigenvalue weighted by Gasteiger charge is -2.14. The first-order chi connectivity index (χ1) is 9.56. The summed E-state index contributed by atoms with van der Waals surface area (Å²) in [5, 5.41) is 3.10. The second-order valence-corrected chi connectivity index (χ2v) is 4.96. The van der Waals surface area contributed by atoms with E-state index in [1.54, 1.807) is 0 Å². The van der Waals surface area contributed by atoms with Gasteiger partial charge in [-0.2, -0.15) is 0 Å². The molecule has 20 heavy (non-hydrogen) atoms. The van der Waals surface area contributed by atoms with Crippen LogP contribution in [-0.2, 0) is 6.54 Å². The molecule has 2 rings (SSSR count). The van der Waals surface area contributed by atoms with Gasteiger partial charge in [-0.25, -0.2) is 9.97 Å². The maximum Gasteiger partial charge on any atom is 0.275 e. The van der Waals surface area contributed by atoms with E-state index in [1.165, 1.54) is 12.4 Å². The van der Waals surface area contributed by atoms with Crippen LogP contribution in [0.4, 0.5) is 5.69 Å². The molecule has 0 atom stereocenters. The molecule has 1 amide bonds. The van der Waals surface area contributed by atoms with Gasteiger partial charge in [-0.15, -0.1) is 0 Å². The van der Waals surface area contributed by atoms with E-state index >= 15 is 0 Å². The molecule has 1 N–H and O–H groups in total. The number of nitrogens with one attached hydrogen (secondary N) is 1. The average Bonchev–Trinajstić information content (AvgIpc) is 2.41. The first-order valence-corrected chi connectivity index (χ1v) is 6.45. The molecule has 5 nitrogen and oxygen atoms in total. The Morgan fingerprint density at radius 1 is 1.25 bits per heavy atom. The minimum absolute atomic E-state index is 0.231. The molecule has 2 aromatic rings. The van der Waals surface area contributed by atoms with Crippen molar-refractivity contribution in [1.29, 1.82) is 0 Å². The standard InChI is InChI=1S/C14H15ClN4O/c1-19(2)9-10-5-3-4-6-11(10)18-14(20)12-7-17-13(15)8-16-12/h3-8H,9H2,1-2H3,(H,18,20). The van der Waals surface area contributed by atoms with Gasteiger partial charge in [0.1, 0.15) is 10.8 Å². The van der Waals surface area contributed by atoms with E-state index in [9.17, 15) is 4.79 Å². The maximum atomic E-state index is 12.1. The van der Waals surface area contributed by atoms with Crippen molar-refractivity contribution in [2.24, 2.45) is 0 Å². The zero-order valence-corrected chi connectivity index (χ0v) is 12.1. The third-order valence-electron chi connectivity index (χ3n) is 2.61. The highest BCUT2D eigenvalue weighted by Crippen LogP contribution is 2.17. The molecular weight excluding hydrogens is 276 g/mol. The van der Waals surface area contributed by atoms with Crippen LogP contribution in [0.5, 0.6) is 0 Å². The van der Waals surface area contributed by atoms with E-state index < -0.39 is 0 Å². The van der Waals surface area contributed by atoms with Crippen LogP contribution in [0.15, 0.2) is 36.7 Å². The summed E-state index contributed by atoms with van der Waals surface area (Å²) < 4.78 is 0. The lowest BCUT2D eigenvalue weighted by molar-refractivity contribution is 0.102. The molecule has 0 radical (unpaired) electrons. The fourth-order valence-corrected chi connectivity index (χ4v) is 1.83. The van der Waals surface area contributed by atoms with Crippen LogP contribution in [0.2, 0.25) is 5.15 Å². The Hall–Kier alpha value is -1.98. The predicted molar refractivity (Wildman–Crippen MR) is 78.8 cm³/mol. The minimum atomic E-state index is -0.305. The number of aromatic nitrogens is 2. The lowest BCUT2D eigenvalue weighted by atomic mass is 10.1. The van der Waals surface area contributed by atoms with Gasteiger partial charge in [0.2, 0.25) is 0 Å². The van der Waals surface area contributed by atoms with Crippen LogP contribution in [-0.4, -0.2) is 34.9 Å². The van der Waals surface area contributed by atoms with Crippen molar-refractivity contribution in [1.82, 2.24) is 14.9 Å². The number of hydrogen-bond donors (Lipinski definition) is 1. The SMILES string of the molecule is CN(C)Cc1ccccc1NC(=O)c1cnc(Cl)cn1. The van der Waals surface area contributed by atoms with Crippen LogP contribution < -0.4 is 5.32 Å². The zero-order valence-electron chi connectivity index (χ0n) is 11.3. The Morgan fingerprint density at radius 3 is 2.65 bits per heavy atom. The Bertz CT molecular complexity index is 598. The van der Waals surface area contributed by atoms with Gasteiger partial charge in [-0.1, -0.05) is 29.8 Å². The second kappa shape index (κ2) is 6.45. The van der Waals surface area contributed by atoms with E-state index in [4.69, 9.17) is 11.6 Å². The van der Waals surface area contributed by atoms with E-state index in [0.717, 1.165) is 17.8 Å². The van der Waals surface area contributed by atoms with Crippen molar-refractivity contribution in [2.45, 2.75) is 6.54 Å². The van der Waals surface area contributed by atoms with E-state index in [1.807, 2.05) is 43.3 Å². The number of rotatable bonds is 4. The molecule has 104 valence electrons. The van der Waals surface area contributed by atoms with Gasteiger partial charge in [-0.05, 0) is 25.7 Å². The molecule has 1 aromatic heterocycles.